The van der Waals surface area contributed by atoms with Crippen LogP contribution < -0.4 is 0 Å². The van der Waals surface area contributed by atoms with E-state index in [-0.39, 0.29) is 11.0 Å². The standard InChI is InChI=1S/C10H22NO3S2Si/c1-17(2,3)9-8-16(13,14)11-15(12)10-6-4-5-7-10/h10H,4-9H2,1-3H3/q-1. The van der Waals surface area contributed by atoms with Crippen molar-refractivity contribution in [2.24, 2.45) is 3.77 Å². The lowest BCUT2D eigenvalue weighted by Crippen LogP contribution is -2.23. The second-order valence-corrected chi connectivity index (χ2v) is 14.9. The Morgan fingerprint density at radius 1 is 1.24 bits per heavy atom. The Kier molecular flexibility index (Phi) is 5.21. The van der Waals surface area contributed by atoms with Crippen LogP contribution in [0.1, 0.15) is 25.7 Å². The maximum absolute atomic E-state index is 11.8. The van der Waals surface area contributed by atoms with Crippen LogP contribution in [0, 0.1) is 0 Å². The van der Waals surface area contributed by atoms with Crippen molar-refractivity contribution < 1.29 is 12.6 Å². The van der Waals surface area contributed by atoms with E-state index in [1.54, 1.807) is 0 Å². The van der Waals surface area contributed by atoms with Crippen molar-refractivity contribution in [3.8, 4) is 0 Å². The second-order valence-electron chi connectivity index (χ2n) is 5.85. The lowest BCUT2D eigenvalue weighted by molar-refractivity contribution is 0.588. The molecule has 1 fully saturated rings. The average Bonchev–Trinajstić information content (AvgIpc) is 2.66. The molecule has 0 unspecified atom stereocenters. The van der Waals surface area contributed by atoms with Gasteiger partial charge < -0.3 is 4.21 Å². The van der Waals surface area contributed by atoms with Crippen LogP contribution in [0.25, 0.3) is 0 Å². The Bertz CT molecular complexity index is 427. The molecule has 0 heterocycles. The van der Waals surface area contributed by atoms with Crippen LogP contribution in [-0.2, 0) is 24.8 Å². The SMILES string of the molecule is C[Si](C)(C)CCS(=O)(=O)N=[S-](=O)C1CCCC1. The molecule has 0 aromatic heterocycles. The molecule has 0 aromatic rings. The molecular weight excluding hydrogens is 274 g/mol. The van der Waals surface area contributed by atoms with Gasteiger partial charge >= 0.3 is 0 Å². The van der Waals surface area contributed by atoms with Gasteiger partial charge in [0.15, 0.2) is 0 Å². The third kappa shape index (κ3) is 6.01. The van der Waals surface area contributed by atoms with Crippen molar-refractivity contribution >= 4 is 28.7 Å². The van der Waals surface area contributed by atoms with E-state index in [2.05, 4.69) is 23.4 Å². The third-order valence-electron chi connectivity index (χ3n) is 2.88. The van der Waals surface area contributed by atoms with Crippen LogP contribution in [-0.4, -0.2) is 27.5 Å². The second kappa shape index (κ2) is 5.84. The first kappa shape index (κ1) is 15.2. The Morgan fingerprint density at radius 3 is 2.24 bits per heavy atom. The Labute approximate surface area is 107 Å². The summed E-state index contributed by atoms with van der Waals surface area (Å²) < 4.78 is 38.7. The average molecular weight is 297 g/mol. The monoisotopic (exact) mass is 296 g/mol. The number of nitrogens with zero attached hydrogens (tertiary/aromatic N) is 1. The molecule has 1 aliphatic rings. The van der Waals surface area contributed by atoms with Gasteiger partial charge in [0, 0.05) is 8.07 Å². The third-order valence-corrected chi connectivity index (χ3v) is 8.25. The predicted molar refractivity (Wildman–Crippen MR) is 74.7 cm³/mol. The van der Waals surface area contributed by atoms with Crippen molar-refractivity contribution in [1.29, 1.82) is 0 Å². The van der Waals surface area contributed by atoms with Gasteiger partial charge in [-0.05, 0) is 6.04 Å². The van der Waals surface area contributed by atoms with Gasteiger partial charge in [-0.25, -0.2) is 8.42 Å². The highest BCUT2D eigenvalue weighted by atomic mass is 32.3. The Balaban J connectivity index is 2.65. The van der Waals surface area contributed by atoms with E-state index >= 15 is 0 Å². The van der Waals surface area contributed by atoms with E-state index in [4.69, 9.17) is 0 Å². The van der Waals surface area contributed by atoms with Crippen molar-refractivity contribution in [1.82, 2.24) is 0 Å². The van der Waals surface area contributed by atoms with Gasteiger partial charge in [-0.15, -0.1) is 0 Å². The summed E-state index contributed by atoms with van der Waals surface area (Å²) in [6, 6.07) is 0.681. The number of sulfonamides is 1. The van der Waals surface area contributed by atoms with Gasteiger partial charge in [0.1, 0.15) is 0 Å². The minimum Gasteiger partial charge on any atom is -0.443 e. The van der Waals surface area contributed by atoms with E-state index in [9.17, 15) is 12.6 Å². The van der Waals surface area contributed by atoms with E-state index in [1.807, 2.05) is 0 Å². The summed E-state index contributed by atoms with van der Waals surface area (Å²) >= 11 is 0. The zero-order valence-electron chi connectivity index (χ0n) is 10.8. The first-order chi connectivity index (χ1) is 7.70. The van der Waals surface area contributed by atoms with Gasteiger partial charge in [-0.2, -0.15) is 10.6 Å². The number of rotatable bonds is 5. The van der Waals surface area contributed by atoms with Crippen molar-refractivity contribution in [3.05, 3.63) is 0 Å². The fraction of sp³-hybridized carbons (Fsp3) is 1.00. The summed E-state index contributed by atoms with van der Waals surface area (Å²) in [4.78, 5) is 0. The van der Waals surface area contributed by atoms with E-state index in [1.165, 1.54) is 0 Å². The highest BCUT2D eigenvalue weighted by molar-refractivity contribution is 7.96. The highest BCUT2D eigenvalue weighted by Gasteiger charge is 2.17. The molecule has 0 atom stereocenters. The molecule has 17 heavy (non-hydrogen) atoms. The summed E-state index contributed by atoms with van der Waals surface area (Å²) in [5, 5.41) is -0.0309. The van der Waals surface area contributed by atoms with E-state index < -0.39 is 28.7 Å². The van der Waals surface area contributed by atoms with Crippen LogP contribution >= 0.6 is 0 Å². The zero-order chi connectivity index (χ0) is 13.1. The van der Waals surface area contributed by atoms with Crippen molar-refractivity contribution in [2.75, 3.05) is 5.75 Å². The van der Waals surface area contributed by atoms with Crippen LogP contribution in [0.2, 0.25) is 25.7 Å². The lowest BCUT2D eigenvalue weighted by atomic mass is 10.4. The number of hydrogen-bond acceptors (Lipinski definition) is 4. The molecule has 102 valence electrons. The minimum atomic E-state index is -3.49. The molecule has 0 spiro atoms. The maximum atomic E-state index is 11.8. The molecule has 4 nitrogen and oxygen atoms in total. The fourth-order valence-electron chi connectivity index (χ4n) is 1.74. The molecule has 1 rings (SSSR count). The predicted octanol–water partition coefficient (Wildman–Crippen LogP) is 2.74. The summed E-state index contributed by atoms with van der Waals surface area (Å²) in [7, 11) is -6.42. The zero-order valence-corrected chi connectivity index (χ0v) is 13.4. The van der Waals surface area contributed by atoms with Gasteiger partial charge in [-0.1, -0.05) is 50.6 Å². The molecule has 0 bridgehead atoms. The van der Waals surface area contributed by atoms with Gasteiger partial charge in [0.2, 0.25) is 10.0 Å². The number of hydrogen-bond donors (Lipinski definition) is 0. The summed E-state index contributed by atoms with van der Waals surface area (Å²) in [6.45, 7) is 6.36. The van der Waals surface area contributed by atoms with Crippen LogP contribution in [0.5, 0.6) is 0 Å². The van der Waals surface area contributed by atoms with Crippen LogP contribution in [0.3, 0.4) is 0 Å². The minimum absolute atomic E-state index is 0.0309. The first-order valence-corrected chi connectivity index (χ1v) is 12.5. The molecule has 7 heteroatoms. The lowest BCUT2D eigenvalue weighted by Gasteiger charge is -2.16. The molecular formula is C10H22NO3S2Si-. The summed E-state index contributed by atoms with van der Waals surface area (Å²) in [6.07, 6.45) is 3.78. The molecule has 1 saturated carbocycles. The fourth-order valence-corrected chi connectivity index (χ4v) is 7.63. The first-order valence-electron chi connectivity index (χ1n) is 6.06. The van der Waals surface area contributed by atoms with E-state index in [0.717, 1.165) is 25.7 Å². The van der Waals surface area contributed by atoms with Gasteiger partial charge in [0.05, 0.1) is 5.75 Å². The molecule has 0 saturated heterocycles. The van der Waals surface area contributed by atoms with Crippen LogP contribution in [0.15, 0.2) is 3.77 Å². The largest absolute Gasteiger partial charge is 0.443 e. The Hall–Kier alpha value is 0.117. The smallest absolute Gasteiger partial charge is 0.231 e. The summed E-state index contributed by atoms with van der Waals surface area (Å²) in [5.74, 6) is 0.0567. The summed E-state index contributed by atoms with van der Waals surface area (Å²) in [5.41, 5.74) is 0. The van der Waals surface area contributed by atoms with Gasteiger partial charge in [-0.3, -0.25) is 3.77 Å². The van der Waals surface area contributed by atoms with Crippen molar-refractivity contribution in [3.63, 3.8) is 0 Å². The Morgan fingerprint density at radius 2 is 1.76 bits per heavy atom. The normalized spacial score (nSPS) is 20.9. The topological polar surface area (TPSA) is 63.6 Å². The molecule has 1 aliphatic carbocycles. The molecule has 0 radical (unpaired) electrons. The molecule has 0 aromatic carbocycles. The molecule has 0 N–H and O–H groups in total. The van der Waals surface area contributed by atoms with Crippen LogP contribution in [0.4, 0.5) is 0 Å². The molecule has 0 amide bonds. The highest BCUT2D eigenvalue weighted by Crippen LogP contribution is 2.22. The molecule has 0 aliphatic heterocycles. The van der Waals surface area contributed by atoms with Gasteiger partial charge in [0.25, 0.3) is 0 Å². The van der Waals surface area contributed by atoms with E-state index in [0.29, 0.717) is 6.04 Å². The van der Waals surface area contributed by atoms with Crippen molar-refractivity contribution in [2.45, 2.75) is 56.6 Å². The maximum Gasteiger partial charge on any atom is 0.231 e. The quantitative estimate of drug-likeness (QED) is 0.579.